The summed E-state index contributed by atoms with van der Waals surface area (Å²) in [5.41, 5.74) is 5.80. The van der Waals surface area contributed by atoms with Crippen molar-refractivity contribution < 1.29 is 9.53 Å². The van der Waals surface area contributed by atoms with Crippen LogP contribution in [0, 0.1) is 0 Å². The largest absolute Gasteiger partial charge is 0.385 e. The first-order valence-electron chi connectivity index (χ1n) is 5.15. The molecule has 5 heteroatoms. The number of carbonyl (C=O) groups excluding carboxylic acids is 1. The zero-order chi connectivity index (χ0) is 12.0. The molecule has 0 bridgehead atoms. The van der Waals surface area contributed by atoms with Crippen molar-refractivity contribution in [3.8, 4) is 0 Å². The van der Waals surface area contributed by atoms with E-state index in [2.05, 4.69) is 15.9 Å². The summed E-state index contributed by atoms with van der Waals surface area (Å²) >= 11 is 4.95. The van der Waals surface area contributed by atoms with Gasteiger partial charge in [0.2, 0.25) is 0 Å². The zero-order valence-electron chi connectivity index (χ0n) is 9.24. The standard InChI is InChI=1S/C11H16BrNO2S/c1-15-6-2-3-9(13)10(14)7-8-4-5-11(12)16-8/h4-5,9H,2-3,6-7,13H2,1H3. The van der Waals surface area contributed by atoms with E-state index in [1.807, 2.05) is 12.1 Å². The van der Waals surface area contributed by atoms with Crippen molar-refractivity contribution in [3.63, 3.8) is 0 Å². The first-order chi connectivity index (χ1) is 7.63. The van der Waals surface area contributed by atoms with E-state index in [4.69, 9.17) is 10.5 Å². The maximum atomic E-state index is 11.7. The van der Waals surface area contributed by atoms with Gasteiger partial charge < -0.3 is 10.5 Å². The summed E-state index contributed by atoms with van der Waals surface area (Å²) in [6.07, 6.45) is 1.96. The number of methoxy groups -OCH3 is 1. The lowest BCUT2D eigenvalue weighted by Crippen LogP contribution is -2.31. The molecule has 90 valence electrons. The Balaban J connectivity index is 2.34. The number of nitrogens with two attached hydrogens (primary N) is 1. The van der Waals surface area contributed by atoms with Gasteiger partial charge in [0.25, 0.3) is 0 Å². The smallest absolute Gasteiger partial charge is 0.154 e. The Morgan fingerprint density at radius 2 is 2.38 bits per heavy atom. The fourth-order valence-electron chi connectivity index (χ4n) is 1.36. The van der Waals surface area contributed by atoms with Gasteiger partial charge in [0.15, 0.2) is 5.78 Å². The topological polar surface area (TPSA) is 52.3 Å². The predicted octanol–water partition coefficient (Wildman–Crippen LogP) is 2.38. The van der Waals surface area contributed by atoms with Gasteiger partial charge in [0, 0.05) is 25.0 Å². The van der Waals surface area contributed by atoms with Gasteiger partial charge in [-0.15, -0.1) is 11.3 Å². The van der Waals surface area contributed by atoms with Crippen molar-refractivity contribution in [1.82, 2.24) is 0 Å². The SMILES string of the molecule is COCCCC(N)C(=O)Cc1ccc(Br)s1. The Morgan fingerprint density at radius 3 is 2.94 bits per heavy atom. The van der Waals surface area contributed by atoms with E-state index in [9.17, 15) is 4.79 Å². The van der Waals surface area contributed by atoms with Crippen molar-refractivity contribution in [2.75, 3.05) is 13.7 Å². The maximum Gasteiger partial charge on any atom is 0.154 e. The molecule has 0 aliphatic carbocycles. The van der Waals surface area contributed by atoms with E-state index in [0.717, 1.165) is 15.1 Å². The number of halogens is 1. The van der Waals surface area contributed by atoms with Crippen molar-refractivity contribution in [2.24, 2.45) is 5.73 Å². The highest BCUT2D eigenvalue weighted by atomic mass is 79.9. The predicted molar refractivity (Wildman–Crippen MR) is 69.8 cm³/mol. The maximum absolute atomic E-state index is 11.7. The third-order valence-corrected chi connectivity index (χ3v) is 3.88. The Labute approximate surface area is 108 Å². The molecule has 0 saturated heterocycles. The van der Waals surface area contributed by atoms with E-state index in [-0.39, 0.29) is 11.8 Å². The second kappa shape index (κ2) is 7.17. The molecule has 0 spiro atoms. The average molecular weight is 306 g/mol. The minimum Gasteiger partial charge on any atom is -0.385 e. The van der Waals surface area contributed by atoms with Crippen LogP contribution in [0.1, 0.15) is 17.7 Å². The van der Waals surface area contributed by atoms with Gasteiger partial charge in [-0.05, 0) is 40.9 Å². The van der Waals surface area contributed by atoms with Gasteiger partial charge in [-0.3, -0.25) is 4.79 Å². The Morgan fingerprint density at radius 1 is 1.62 bits per heavy atom. The summed E-state index contributed by atoms with van der Waals surface area (Å²) in [5.74, 6) is 0.102. The summed E-state index contributed by atoms with van der Waals surface area (Å²) < 4.78 is 5.97. The van der Waals surface area contributed by atoms with Crippen molar-refractivity contribution in [3.05, 3.63) is 20.8 Å². The molecule has 0 saturated carbocycles. The first-order valence-corrected chi connectivity index (χ1v) is 6.76. The molecular weight excluding hydrogens is 290 g/mol. The lowest BCUT2D eigenvalue weighted by molar-refractivity contribution is -0.119. The third-order valence-electron chi connectivity index (χ3n) is 2.25. The summed E-state index contributed by atoms with van der Waals surface area (Å²) in [6, 6.07) is 3.54. The highest BCUT2D eigenvalue weighted by Gasteiger charge is 2.14. The van der Waals surface area contributed by atoms with Gasteiger partial charge in [0.1, 0.15) is 0 Å². The van der Waals surface area contributed by atoms with Crippen LogP contribution in [0.25, 0.3) is 0 Å². The minimum absolute atomic E-state index is 0.102. The van der Waals surface area contributed by atoms with Crippen LogP contribution in [-0.4, -0.2) is 25.5 Å². The molecule has 0 aliphatic rings. The van der Waals surface area contributed by atoms with Crippen LogP contribution in [0.4, 0.5) is 0 Å². The van der Waals surface area contributed by atoms with Crippen LogP contribution >= 0.6 is 27.3 Å². The number of hydrogen-bond acceptors (Lipinski definition) is 4. The molecule has 1 atom stereocenters. The minimum atomic E-state index is -0.365. The normalized spacial score (nSPS) is 12.7. The van der Waals surface area contributed by atoms with E-state index in [1.54, 1.807) is 18.4 Å². The van der Waals surface area contributed by atoms with Crippen molar-refractivity contribution >= 4 is 33.0 Å². The van der Waals surface area contributed by atoms with Gasteiger partial charge in [-0.2, -0.15) is 0 Å². The van der Waals surface area contributed by atoms with E-state index in [0.29, 0.717) is 19.4 Å². The highest BCUT2D eigenvalue weighted by Crippen LogP contribution is 2.22. The summed E-state index contributed by atoms with van der Waals surface area (Å²) in [4.78, 5) is 12.8. The average Bonchev–Trinajstić information content (AvgIpc) is 2.64. The number of ketones is 1. The van der Waals surface area contributed by atoms with Crippen LogP contribution in [-0.2, 0) is 16.0 Å². The van der Waals surface area contributed by atoms with Gasteiger partial charge in [-0.25, -0.2) is 0 Å². The fourth-order valence-corrected chi connectivity index (χ4v) is 2.85. The summed E-state index contributed by atoms with van der Waals surface area (Å²) in [6.45, 7) is 0.658. The number of ether oxygens (including phenoxy) is 1. The molecule has 0 aromatic carbocycles. The third kappa shape index (κ3) is 4.74. The lowest BCUT2D eigenvalue weighted by Gasteiger charge is -2.09. The molecule has 3 nitrogen and oxygen atoms in total. The van der Waals surface area contributed by atoms with Gasteiger partial charge >= 0.3 is 0 Å². The van der Waals surface area contributed by atoms with Crippen molar-refractivity contribution in [2.45, 2.75) is 25.3 Å². The first kappa shape index (κ1) is 13.8. The summed E-state index contributed by atoms with van der Waals surface area (Å²) in [7, 11) is 1.65. The zero-order valence-corrected chi connectivity index (χ0v) is 11.6. The number of rotatable bonds is 7. The van der Waals surface area contributed by atoms with Crippen LogP contribution in [0.5, 0.6) is 0 Å². The van der Waals surface area contributed by atoms with Crippen LogP contribution < -0.4 is 5.73 Å². The second-order valence-electron chi connectivity index (χ2n) is 3.59. The van der Waals surface area contributed by atoms with Crippen LogP contribution in [0.3, 0.4) is 0 Å². The molecule has 0 amide bonds. The van der Waals surface area contributed by atoms with Gasteiger partial charge in [0.05, 0.1) is 9.83 Å². The molecule has 2 N–H and O–H groups in total. The molecule has 1 rings (SSSR count). The number of Topliss-reactive ketones (excluding diaryl/α,β-unsaturated/α-hetero) is 1. The van der Waals surface area contributed by atoms with Crippen LogP contribution in [0.2, 0.25) is 0 Å². The molecule has 1 aromatic heterocycles. The fraction of sp³-hybridized carbons (Fsp3) is 0.545. The molecule has 1 unspecified atom stereocenters. The van der Waals surface area contributed by atoms with E-state index >= 15 is 0 Å². The van der Waals surface area contributed by atoms with E-state index < -0.39 is 0 Å². The Hall–Kier alpha value is -0.230. The Bertz CT molecular complexity index is 340. The number of carbonyl (C=O) groups is 1. The van der Waals surface area contributed by atoms with Gasteiger partial charge in [-0.1, -0.05) is 0 Å². The molecule has 0 radical (unpaired) electrons. The summed E-state index contributed by atoms with van der Waals surface area (Å²) in [5, 5.41) is 0. The second-order valence-corrected chi connectivity index (χ2v) is 6.14. The van der Waals surface area contributed by atoms with E-state index in [1.165, 1.54) is 0 Å². The molecule has 1 heterocycles. The highest BCUT2D eigenvalue weighted by molar-refractivity contribution is 9.11. The molecule has 0 aliphatic heterocycles. The number of hydrogen-bond donors (Lipinski definition) is 1. The molecule has 1 aromatic rings. The Kier molecular flexibility index (Phi) is 6.20. The van der Waals surface area contributed by atoms with Crippen molar-refractivity contribution in [1.29, 1.82) is 0 Å². The lowest BCUT2D eigenvalue weighted by atomic mass is 10.1. The quantitative estimate of drug-likeness (QED) is 0.787. The number of thiophene rings is 1. The molecular formula is C11H16BrNO2S. The monoisotopic (exact) mass is 305 g/mol. The van der Waals surface area contributed by atoms with Crippen LogP contribution in [0.15, 0.2) is 15.9 Å². The molecule has 0 fully saturated rings. The molecule has 16 heavy (non-hydrogen) atoms.